The molecule has 0 saturated carbocycles. The Kier molecular flexibility index (Phi) is 3.34. The van der Waals surface area contributed by atoms with Crippen molar-refractivity contribution in [2.24, 2.45) is 0 Å². The molecule has 1 atom stereocenters. The largest absolute Gasteiger partial charge is 0.289 e. The van der Waals surface area contributed by atoms with Crippen molar-refractivity contribution in [3.8, 4) is 0 Å². The van der Waals surface area contributed by atoms with Crippen LogP contribution in [0.4, 0.5) is 0 Å². The quantitative estimate of drug-likeness (QED) is 0.586. The molecule has 1 aliphatic rings. The SMILES string of the molecule is CC1=CC(C)(Br)CC(C(=O)c2ccccc2)=C1. The number of benzene rings is 1. The first-order chi connectivity index (χ1) is 7.98. The Morgan fingerprint density at radius 1 is 1.29 bits per heavy atom. The van der Waals surface area contributed by atoms with Crippen LogP contribution in [0.3, 0.4) is 0 Å². The number of hydrogen-bond donors (Lipinski definition) is 0. The van der Waals surface area contributed by atoms with Gasteiger partial charge in [0.15, 0.2) is 5.78 Å². The molecule has 0 heterocycles. The fourth-order valence-corrected chi connectivity index (χ4v) is 2.85. The molecule has 1 unspecified atom stereocenters. The number of ketones is 1. The molecular formula is C15H15BrO. The molecule has 0 amide bonds. The van der Waals surface area contributed by atoms with E-state index < -0.39 is 0 Å². The Morgan fingerprint density at radius 3 is 2.53 bits per heavy atom. The predicted molar refractivity (Wildman–Crippen MR) is 74.6 cm³/mol. The molecule has 0 fully saturated rings. The van der Waals surface area contributed by atoms with Gasteiger partial charge in [0.25, 0.3) is 0 Å². The number of carbonyl (C=O) groups excluding carboxylic acids is 1. The minimum atomic E-state index is -0.106. The molecule has 1 aromatic rings. The van der Waals surface area contributed by atoms with Gasteiger partial charge in [-0.1, -0.05) is 64.0 Å². The summed E-state index contributed by atoms with van der Waals surface area (Å²) in [6.07, 6.45) is 4.87. The normalized spacial score (nSPS) is 23.9. The summed E-state index contributed by atoms with van der Waals surface area (Å²) < 4.78 is -0.106. The molecule has 88 valence electrons. The van der Waals surface area contributed by atoms with Gasteiger partial charge in [-0.3, -0.25) is 4.79 Å². The zero-order chi connectivity index (χ0) is 12.5. The summed E-state index contributed by atoms with van der Waals surface area (Å²) >= 11 is 3.64. The summed E-state index contributed by atoms with van der Waals surface area (Å²) in [5, 5.41) is 0. The summed E-state index contributed by atoms with van der Waals surface area (Å²) in [6, 6.07) is 9.44. The lowest BCUT2D eigenvalue weighted by Crippen LogP contribution is -2.20. The van der Waals surface area contributed by atoms with E-state index in [1.165, 1.54) is 0 Å². The van der Waals surface area contributed by atoms with Crippen molar-refractivity contribution >= 4 is 21.7 Å². The van der Waals surface area contributed by atoms with E-state index in [4.69, 9.17) is 0 Å². The van der Waals surface area contributed by atoms with Crippen LogP contribution in [0, 0.1) is 0 Å². The van der Waals surface area contributed by atoms with Crippen LogP contribution in [0.25, 0.3) is 0 Å². The van der Waals surface area contributed by atoms with E-state index in [9.17, 15) is 4.79 Å². The predicted octanol–water partition coefficient (Wildman–Crippen LogP) is 4.30. The number of rotatable bonds is 2. The van der Waals surface area contributed by atoms with Crippen LogP contribution in [0.5, 0.6) is 0 Å². The first-order valence-corrected chi connectivity index (χ1v) is 6.46. The van der Waals surface area contributed by atoms with Crippen molar-refractivity contribution in [2.45, 2.75) is 24.6 Å². The van der Waals surface area contributed by atoms with Crippen molar-refractivity contribution in [1.29, 1.82) is 0 Å². The molecule has 0 radical (unpaired) electrons. The molecule has 0 bridgehead atoms. The lowest BCUT2D eigenvalue weighted by atomic mass is 9.88. The molecule has 0 aliphatic heterocycles. The minimum Gasteiger partial charge on any atom is -0.289 e. The van der Waals surface area contributed by atoms with Gasteiger partial charge >= 0.3 is 0 Å². The third-order valence-electron chi connectivity index (χ3n) is 2.79. The maximum Gasteiger partial charge on any atom is 0.189 e. The zero-order valence-electron chi connectivity index (χ0n) is 10.0. The minimum absolute atomic E-state index is 0.106. The Balaban J connectivity index is 2.31. The van der Waals surface area contributed by atoms with Crippen molar-refractivity contribution in [3.63, 3.8) is 0 Å². The van der Waals surface area contributed by atoms with Crippen molar-refractivity contribution in [3.05, 3.63) is 59.2 Å². The van der Waals surface area contributed by atoms with Crippen LogP contribution in [0.1, 0.15) is 30.6 Å². The van der Waals surface area contributed by atoms with E-state index in [0.29, 0.717) is 0 Å². The number of halogens is 1. The Hall–Kier alpha value is -1.15. The maximum absolute atomic E-state index is 12.3. The summed E-state index contributed by atoms with van der Waals surface area (Å²) in [6.45, 7) is 4.11. The molecule has 0 spiro atoms. The van der Waals surface area contributed by atoms with Gasteiger partial charge in [-0.2, -0.15) is 0 Å². The van der Waals surface area contributed by atoms with E-state index in [2.05, 4.69) is 28.9 Å². The van der Waals surface area contributed by atoms with Gasteiger partial charge in [0.1, 0.15) is 0 Å². The smallest absolute Gasteiger partial charge is 0.189 e. The Bertz CT molecular complexity index is 495. The van der Waals surface area contributed by atoms with E-state index in [1.54, 1.807) is 0 Å². The van der Waals surface area contributed by atoms with Crippen LogP contribution >= 0.6 is 15.9 Å². The second kappa shape index (κ2) is 4.61. The highest BCUT2D eigenvalue weighted by Crippen LogP contribution is 2.34. The monoisotopic (exact) mass is 290 g/mol. The summed E-state index contributed by atoms with van der Waals surface area (Å²) in [5.74, 6) is 0.128. The fourth-order valence-electron chi connectivity index (χ4n) is 2.19. The maximum atomic E-state index is 12.3. The highest BCUT2D eigenvalue weighted by Gasteiger charge is 2.26. The molecule has 0 N–H and O–H groups in total. The molecule has 2 rings (SSSR count). The molecule has 0 saturated heterocycles. The van der Waals surface area contributed by atoms with E-state index in [0.717, 1.165) is 23.1 Å². The van der Waals surface area contributed by atoms with Crippen molar-refractivity contribution in [1.82, 2.24) is 0 Å². The lowest BCUT2D eigenvalue weighted by molar-refractivity contribution is 0.102. The highest BCUT2D eigenvalue weighted by molar-refractivity contribution is 9.10. The highest BCUT2D eigenvalue weighted by atomic mass is 79.9. The third-order valence-corrected chi connectivity index (χ3v) is 3.30. The summed E-state index contributed by atoms with van der Waals surface area (Å²) in [7, 11) is 0. The van der Waals surface area contributed by atoms with Gasteiger partial charge in [-0.25, -0.2) is 0 Å². The summed E-state index contributed by atoms with van der Waals surface area (Å²) in [4.78, 5) is 12.3. The van der Waals surface area contributed by atoms with E-state index in [1.807, 2.05) is 43.3 Å². The van der Waals surface area contributed by atoms with Gasteiger partial charge in [0, 0.05) is 15.5 Å². The summed E-state index contributed by atoms with van der Waals surface area (Å²) in [5.41, 5.74) is 2.77. The number of carbonyl (C=O) groups is 1. The van der Waals surface area contributed by atoms with Crippen LogP contribution in [-0.4, -0.2) is 10.1 Å². The average Bonchev–Trinajstić information content (AvgIpc) is 2.26. The van der Waals surface area contributed by atoms with E-state index in [-0.39, 0.29) is 10.1 Å². The molecule has 17 heavy (non-hydrogen) atoms. The van der Waals surface area contributed by atoms with Crippen LogP contribution < -0.4 is 0 Å². The first-order valence-electron chi connectivity index (χ1n) is 5.67. The molecule has 2 heteroatoms. The standard InChI is InChI=1S/C15H15BrO/c1-11-8-13(10-15(2,16)9-11)14(17)12-6-4-3-5-7-12/h3-9H,10H2,1-2H3. The average molecular weight is 291 g/mol. The Labute approximate surface area is 110 Å². The zero-order valence-corrected chi connectivity index (χ0v) is 11.6. The van der Waals surface area contributed by atoms with E-state index >= 15 is 0 Å². The Morgan fingerprint density at radius 2 is 1.94 bits per heavy atom. The second-order valence-electron chi connectivity index (χ2n) is 4.71. The lowest BCUT2D eigenvalue weighted by Gasteiger charge is -2.24. The van der Waals surface area contributed by atoms with Gasteiger partial charge in [0.05, 0.1) is 0 Å². The van der Waals surface area contributed by atoms with Crippen molar-refractivity contribution < 1.29 is 4.79 Å². The molecular weight excluding hydrogens is 276 g/mol. The second-order valence-corrected chi connectivity index (χ2v) is 6.52. The van der Waals surface area contributed by atoms with Crippen molar-refractivity contribution in [2.75, 3.05) is 0 Å². The molecule has 1 aliphatic carbocycles. The van der Waals surface area contributed by atoms with Gasteiger partial charge in [-0.15, -0.1) is 0 Å². The molecule has 0 aromatic heterocycles. The third kappa shape index (κ3) is 2.95. The number of Topliss-reactive ketones (excluding diaryl/α,β-unsaturated/α-hetero) is 1. The molecule has 1 aromatic carbocycles. The van der Waals surface area contributed by atoms with Crippen LogP contribution in [0.2, 0.25) is 0 Å². The van der Waals surface area contributed by atoms with Gasteiger partial charge in [0.2, 0.25) is 0 Å². The molecule has 1 nitrogen and oxygen atoms in total. The first kappa shape index (κ1) is 12.3. The van der Waals surface area contributed by atoms with Crippen LogP contribution in [0.15, 0.2) is 53.6 Å². The van der Waals surface area contributed by atoms with Gasteiger partial charge < -0.3 is 0 Å². The number of alkyl halides is 1. The number of hydrogen-bond acceptors (Lipinski definition) is 1. The van der Waals surface area contributed by atoms with Crippen LogP contribution in [-0.2, 0) is 0 Å². The van der Waals surface area contributed by atoms with Gasteiger partial charge in [-0.05, 0) is 20.3 Å². The topological polar surface area (TPSA) is 17.1 Å². The number of allylic oxidation sites excluding steroid dienone is 4. The fraction of sp³-hybridized carbons (Fsp3) is 0.267.